The molecule has 2 aliphatic carbocycles. The second-order valence-corrected chi connectivity index (χ2v) is 6.66. The van der Waals surface area contributed by atoms with Gasteiger partial charge in [-0.2, -0.15) is 0 Å². The first-order chi connectivity index (χ1) is 11.9. The van der Waals surface area contributed by atoms with Crippen molar-refractivity contribution in [2.75, 3.05) is 15.8 Å². The number of hydrogen-bond donors (Lipinski definition) is 3. The van der Waals surface area contributed by atoms with Gasteiger partial charge in [0.2, 0.25) is 0 Å². The van der Waals surface area contributed by atoms with E-state index in [1.54, 1.807) is 0 Å². The van der Waals surface area contributed by atoms with Gasteiger partial charge in [-0.1, -0.05) is 0 Å². The van der Waals surface area contributed by atoms with Crippen molar-refractivity contribution in [2.24, 2.45) is 11.8 Å². The maximum atomic E-state index is 12.2. The second kappa shape index (κ2) is 6.00. The molecule has 0 spiro atoms. The summed E-state index contributed by atoms with van der Waals surface area (Å²) in [6.45, 7) is 0. The zero-order valence-corrected chi connectivity index (χ0v) is 13.1. The van der Waals surface area contributed by atoms with E-state index in [1.807, 2.05) is 0 Å². The van der Waals surface area contributed by atoms with Crippen molar-refractivity contribution in [3.05, 3.63) is 28.6 Å². The van der Waals surface area contributed by atoms with Crippen LogP contribution >= 0.6 is 0 Å². The molecule has 3 N–H and O–H groups in total. The highest BCUT2D eigenvalue weighted by atomic mass is 16.8. The Labute approximate surface area is 142 Å². The third kappa shape index (κ3) is 3.10. The predicted molar refractivity (Wildman–Crippen MR) is 85.1 cm³/mol. The zero-order valence-electron chi connectivity index (χ0n) is 13.1. The number of hydrogen-bond acceptors (Lipinski definition) is 9. The number of fused-ring (bicyclic) bond motifs is 4. The first-order valence-electron chi connectivity index (χ1n) is 8.03. The molecule has 1 amide bonds. The maximum Gasteiger partial charge on any atom is 0.411 e. The minimum Gasteiger partial charge on any atom is -0.769 e. The number of anilines is 3. The lowest BCUT2D eigenvalue weighted by Crippen LogP contribution is -2.36. The summed E-state index contributed by atoms with van der Waals surface area (Å²) in [6, 6.07) is 3.26. The molecule has 25 heavy (non-hydrogen) atoms. The monoisotopic (exact) mass is 351 g/mol. The zero-order chi connectivity index (χ0) is 17.7. The van der Waals surface area contributed by atoms with Crippen molar-refractivity contribution in [3.8, 4) is 0 Å². The SMILES string of the molecule is O=C(Nc1cc(N([O-])[O-])cc(N(O)O)c1)OC1C2CCC1C1OC1C2. The van der Waals surface area contributed by atoms with Crippen molar-refractivity contribution in [3.63, 3.8) is 0 Å². The van der Waals surface area contributed by atoms with Gasteiger partial charge < -0.3 is 25.1 Å². The number of carbonyl (C=O) groups is 1. The Balaban J connectivity index is 1.45. The molecule has 10 nitrogen and oxygen atoms in total. The van der Waals surface area contributed by atoms with Crippen LogP contribution in [0.1, 0.15) is 19.3 Å². The normalized spacial score (nSPS) is 31.9. The van der Waals surface area contributed by atoms with Crippen molar-refractivity contribution in [1.29, 1.82) is 0 Å². The van der Waals surface area contributed by atoms with Gasteiger partial charge in [0.25, 0.3) is 0 Å². The van der Waals surface area contributed by atoms with Crippen LogP contribution in [-0.2, 0) is 9.47 Å². The fraction of sp³-hybridized carbons (Fsp3) is 0.533. The fourth-order valence-corrected chi connectivity index (χ4v) is 4.05. The number of ether oxygens (including phenoxy) is 2. The number of epoxide rings is 1. The van der Waals surface area contributed by atoms with Crippen molar-refractivity contribution >= 4 is 23.2 Å². The van der Waals surface area contributed by atoms with Crippen LogP contribution in [0.2, 0.25) is 0 Å². The third-order valence-electron chi connectivity index (χ3n) is 5.17. The molecule has 5 atom stereocenters. The molecule has 1 aliphatic heterocycles. The lowest BCUT2D eigenvalue weighted by molar-refractivity contribution is 0.0291. The Bertz CT molecular complexity index is 657. The molecule has 1 heterocycles. The second-order valence-electron chi connectivity index (χ2n) is 6.66. The predicted octanol–water partition coefficient (Wildman–Crippen LogP) is 2.19. The summed E-state index contributed by atoms with van der Waals surface area (Å²) in [7, 11) is 0. The molecule has 1 aromatic rings. The summed E-state index contributed by atoms with van der Waals surface area (Å²) in [5, 5.41) is 41.5. The van der Waals surface area contributed by atoms with Gasteiger partial charge in [-0.05, 0) is 43.4 Å². The molecule has 5 unspecified atom stereocenters. The Morgan fingerprint density at radius 3 is 2.72 bits per heavy atom. The van der Waals surface area contributed by atoms with Gasteiger partial charge in [0.15, 0.2) is 0 Å². The molecule has 136 valence electrons. The molecule has 0 aromatic heterocycles. The largest absolute Gasteiger partial charge is 0.769 e. The van der Waals surface area contributed by atoms with Crippen LogP contribution in [0.5, 0.6) is 0 Å². The van der Waals surface area contributed by atoms with E-state index < -0.39 is 17.0 Å². The van der Waals surface area contributed by atoms with E-state index in [4.69, 9.17) is 19.9 Å². The van der Waals surface area contributed by atoms with E-state index >= 15 is 0 Å². The molecule has 10 heteroatoms. The number of nitrogens with one attached hydrogen (secondary N) is 1. The molecule has 1 aromatic carbocycles. The van der Waals surface area contributed by atoms with E-state index in [0.717, 1.165) is 31.4 Å². The Hall–Kier alpha value is -2.11. The van der Waals surface area contributed by atoms with Crippen molar-refractivity contribution in [1.82, 2.24) is 0 Å². The van der Waals surface area contributed by atoms with E-state index in [0.29, 0.717) is 6.10 Å². The lowest BCUT2D eigenvalue weighted by atomic mass is 9.86. The van der Waals surface area contributed by atoms with Crippen LogP contribution in [0.3, 0.4) is 0 Å². The minimum atomic E-state index is -0.727. The molecular weight excluding hydrogens is 334 g/mol. The molecule has 0 radical (unpaired) electrons. The number of benzene rings is 1. The Morgan fingerprint density at radius 1 is 1.24 bits per heavy atom. The third-order valence-corrected chi connectivity index (χ3v) is 5.17. The molecule has 3 aliphatic rings. The Morgan fingerprint density at radius 2 is 2.00 bits per heavy atom. The molecule has 2 bridgehead atoms. The molecule has 1 saturated heterocycles. The van der Waals surface area contributed by atoms with Gasteiger partial charge in [-0.25, -0.2) is 4.79 Å². The quantitative estimate of drug-likeness (QED) is 0.549. The lowest BCUT2D eigenvalue weighted by Gasteiger charge is -2.38. The van der Waals surface area contributed by atoms with Gasteiger partial charge in [0.1, 0.15) is 6.10 Å². The van der Waals surface area contributed by atoms with E-state index in [9.17, 15) is 15.2 Å². The van der Waals surface area contributed by atoms with Crippen LogP contribution in [0.15, 0.2) is 18.2 Å². The first kappa shape index (κ1) is 16.4. The summed E-state index contributed by atoms with van der Waals surface area (Å²) < 4.78 is 11.1. The standard InChI is InChI=1S/C15H17N3O7/c19-15(25-13-7-1-2-11(13)14-12(3-7)24-14)16-8-4-9(17(20)21)6-10(5-8)18(22)23/h4-7,11-14,20-21H,1-3H2,(H,16,19)/q-2. The summed E-state index contributed by atoms with van der Waals surface area (Å²) >= 11 is 0. The van der Waals surface area contributed by atoms with E-state index in [1.165, 1.54) is 6.07 Å². The number of nitrogens with zero attached hydrogens (tertiary/aromatic N) is 2. The molecule has 3 fully saturated rings. The Kier molecular flexibility index (Phi) is 3.93. The maximum absolute atomic E-state index is 12.2. The topological polar surface area (TPSA) is 144 Å². The number of carbonyl (C=O) groups excluding carboxylic acids is 1. The highest BCUT2D eigenvalue weighted by Gasteiger charge is 2.59. The molecule has 4 rings (SSSR count). The van der Waals surface area contributed by atoms with Crippen LogP contribution in [0.4, 0.5) is 21.9 Å². The van der Waals surface area contributed by atoms with Crippen molar-refractivity contribution < 1.29 is 24.7 Å². The van der Waals surface area contributed by atoms with Gasteiger partial charge in [0, 0.05) is 17.3 Å². The summed E-state index contributed by atoms with van der Waals surface area (Å²) in [5.41, 5.74) is -0.615. The highest BCUT2D eigenvalue weighted by Crippen LogP contribution is 2.53. The average Bonchev–Trinajstić information content (AvgIpc) is 3.25. The number of amides is 1. The van der Waals surface area contributed by atoms with Gasteiger partial charge in [-0.3, -0.25) is 15.7 Å². The average molecular weight is 351 g/mol. The minimum absolute atomic E-state index is 0.0333. The van der Waals surface area contributed by atoms with Crippen LogP contribution in [0, 0.1) is 22.3 Å². The van der Waals surface area contributed by atoms with Gasteiger partial charge >= 0.3 is 6.09 Å². The molecule has 2 saturated carbocycles. The van der Waals surface area contributed by atoms with E-state index in [-0.39, 0.29) is 40.6 Å². The smallest absolute Gasteiger partial charge is 0.411 e. The van der Waals surface area contributed by atoms with E-state index in [2.05, 4.69) is 5.32 Å². The fourth-order valence-electron chi connectivity index (χ4n) is 4.05. The number of rotatable bonds is 4. The van der Waals surface area contributed by atoms with Crippen molar-refractivity contribution in [2.45, 2.75) is 37.6 Å². The first-order valence-corrected chi connectivity index (χ1v) is 8.03. The van der Waals surface area contributed by atoms with Crippen LogP contribution < -0.4 is 15.8 Å². The van der Waals surface area contributed by atoms with Gasteiger partial charge in [-0.15, -0.1) is 5.23 Å². The van der Waals surface area contributed by atoms with Crippen LogP contribution in [0.25, 0.3) is 0 Å². The summed E-state index contributed by atoms with van der Waals surface area (Å²) in [4.78, 5) is 12.2. The summed E-state index contributed by atoms with van der Waals surface area (Å²) in [6.07, 6.45) is 2.41. The van der Waals surface area contributed by atoms with Crippen LogP contribution in [-0.4, -0.2) is 34.8 Å². The summed E-state index contributed by atoms with van der Waals surface area (Å²) in [5.74, 6) is 0.492. The van der Waals surface area contributed by atoms with Gasteiger partial charge in [0.05, 0.1) is 17.9 Å². The highest BCUT2D eigenvalue weighted by molar-refractivity contribution is 5.87. The molecular formula is C15H17N3O7-2.